The van der Waals surface area contributed by atoms with Crippen molar-refractivity contribution in [1.82, 2.24) is 5.32 Å². The summed E-state index contributed by atoms with van der Waals surface area (Å²) < 4.78 is 0. The predicted octanol–water partition coefficient (Wildman–Crippen LogP) is 2.10. The van der Waals surface area contributed by atoms with Crippen molar-refractivity contribution in [3.63, 3.8) is 0 Å². The van der Waals surface area contributed by atoms with E-state index in [9.17, 15) is 0 Å². The fourth-order valence-electron chi connectivity index (χ4n) is 1.54. The number of benzene rings is 1. The zero-order valence-corrected chi connectivity index (χ0v) is 11.0. The van der Waals surface area contributed by atoms with Gasteiger partial charge in [-0.1, -0.05) is 43.7 Å². The number of hydrogen-bond acceptors (Lipinski definition) is 1. The number of aryl methyl sites for hydroxylation is 1. The quantitative estimate of drug-likeness (QED) is 0.604. The number of rotatable bonds is 5. The summed E-state index contributed by atoms with van der Waals surface area (Å²) >= 11 is 0. The minimum Gasteiger partial charge on any atom is -0.370 e. The molecule has 3 nitrogen and oxygen atoms in total. The highest BCUT2D eigenvalue weighted by molar-refractivity contribution is 5.77. The van der Waals surface area contributed by atoms with Crippen LogP contribution in [0.25, 0.3) is 0 Å². The minimum atomic E-state index is 0.548. The van der Waals surface area contributed by atoms with Gasteiger partial charge in [0.1, 0.15) is 0 Å². The van der Waals surface area contributed by atoms with E-state index in [0.29, 0.717) is 11.9 Å². The van der Waals surface area contributed by atoms with Gasteiger partial charge in [-0.05, 0) is 24.8 Å². The molecule has 94 valence electrons. The summed E-state index contributed by atoms with van der Waals surface area (Å²) in [5.41, 5.74) is 8.38. The lowest BCUT2D eigenvalue weighted by atomic mass is 10.1. The molecule has 0 aromatic heterocycles. The third-order valence-electron chi connectivity index (χ3n) is 2.43. The van der Waals surface area contributed by atoms with Crippen molar-refractivity contribution in [1.29, 1.82) is 0 Å². The van der Waals surface area contributed by atoms with Crippen LogP contribution in [-0.2, 0) is 6.42 Å². The Hall–Kier alpha value is -1.51. The molecule has 3 heteroatoms. The maximum absolute atomic E-state index is 5.75. The second kappa shape index (κ2) is 6.94. The van der Waals surface area contributed by atoms with Gasteiger partial charge in [0, 0.05) is 13.1 Å². The summed E-state index contributed by atoms with van der Waals surface area (Å²) in [7, 11) is 0. The van der Waals surface area contributed by atoms with Crippen molar-refractivity contribution >= 4 is 5.96 Å². The standard InChI is InChI=1S/C14H23N3/c1-11(2)10-17-14(15)16-8-7-13-6-4-5-12(3)9-13/h4-6,9,11H,7-8,10H2,1-3H3,(H3,15,16,17). The highest BCUT2D eigenvalue weighted by Crippen LogP contribution is 2.03. The van der Waals surface area contributed by atoms with Gasteiger partial charge in [-0.2, -0.15) is 0 Å². The van der Waals surface area contributed by atoms with Gasteiger partial charge in [0.2, 0.25) is 0 Å². The third kappa shape index (κ3) is 5.95. The summed E-state index contributed by atoms with van der Waals surface area (Å²) in [6.07, 6.45) is 0.972. The van der Waals surface area contributed by atoms with E-state index < -0.39 is 0 Å². The average molecular weight is 233 g/mol. The van der Waals surface area contributed by atoms with Crippen LogP contribution in [0.5, 0.6) is 0 Å². The van der Waals surface area contributed by atoms with E-state index >= 15 is 0 Å². The van der Waals surface area contributed by atoms with E-state index in [4.69, 9.17) is 5.73 Å². The highest BCUT2D eigenvalue weighted by Gasteiger charge is 1.96. The molecule has 0 radical (unpaired) electrons. The number of nitrogens with two attached hydrogens (primary N) is 1. The Balaban J connectivity index is 2.30. The van der Waals surface area contributed by atoms with E-state index in [1.54, 1.807) is 0 Å². The Morgan fingerprint density at radius 1 is 1.41 bits per heavy atom. The number of nitrogens with zero attached hydrogens (tertiary/aromatic N) is 1. The van der Waals surface area contributed by atoms with E-state index in [2.05, 4.69) is 55.3 Å². The molecule has 17 heavy (non-hydrogen) atoms. The molecule has 0 spiro atoms. The zero-order chi connectivity index (χ0) is 12.7. The van der Waals surface area contributed by atoms with Crippen LogP contribution in [0, 0.1) is 12.8 Å². The van der Waals surface area contributed by atoms with Crippen molar-refractivity contribution in [3.8, 4) is 0 Å². The lowest BCUT2D eigenvalue weighted by molar-refractivity contribution is 0.661. The number of guanidine groups is 1. The van der Waals surface area contributed by atoms with Crippen molar-refractivity contribution < 1.29 is 0 Å². The molecule has 0 atom stereocenters. The summed E-state index contributed by atoms with van der Waals surface area (Å²) in [5, 5.41) is 3.13. The van der Waals surface area contributed by atoms with Crippen LogP contribution in [0.1, 0.15) is 25.0 Å². The highest BCUT2D eigenvalue weighted by atomic mass is 15.1. The molecule has 0 bridgehead atoms. The maximum Gasteiger partial charge on any atom is 0.188 e. The minimum absolute atomic E-state index is 0.548. The van der Waals surface area contributed by atoms with Crippen LogP contribution in [0.2, 0.25) is 0 Å². The first-order valence-electron chi connectivity index (χ1n) is 6.17. The van der Waals surface area contributed by atoms with Crippen LogP contribution in [0.15, 0.2) is 29.3 Å². The van der Waals surface area contributed by atoms with E-state index in [0.717, 1.165) is 19.5 Å². The molecule has 0 aliphatic heterocycles. The van der Waals surface area contributed by atoms with Crippen molar-refractivity contribution in [2.45, 2.75) is 27.2 Å². The predicted molar refractivity (Wildman–Crippen MR) is 74.2 cm³/mol. The Kier molecular flexibility index (Phi) is 5.53. The second-order valence-corrected chi connectivity index (χ2v) is 4.79. The summed E-state index contributed by atoms with van der Waals surface area (Å²) in [4.78, 5) is 4.26. The van der Waals surface area contributed by atoms with Crippen LogP contribution in [0.4, 0.5) is 0 Å². The Labute approximate surface area is 104 Å². The van der Waals surface area contributed by atoms with E-state index in [-0.39, 0.29) is 0 Å². The third-order valence-corrected chi connectivity index (χ3v) is 2.43. The van der Waals surface area contributed by atoms with Gasteiger partial charge in [-0.15, -0.1) is 0 Å². The summed E-state index contributed by atoms with van der Waals surface area (Å²) in [6.45, 7) is 7.97. The monoisotopic (exact) mass is 233 g/mol. The number of hydrogen-bond donors (Lipinski definition) is 2. The summed E-state index contributed by atoms with van der Waals surface area (Å²) in [6, 6.07) is 8.52. The average Bonchev–Trinajstić information content (AvgIpc) is 2.26. The van der Waals surface area contributed by atoms with Crippen molar-refractivity contribution in [2.24, 2.45) is 16.6 Å². The largest absolute Gasteiger partial charge is 0.370 e. The zero-order valence-electron chi connectivity index (χ0n) is 11.0. The molecule has 1 rings (SSSR count). The molecule has 0 aliphatic rings. The Morgan fingerprint density at radius 3 is 2.82 bits per heavy atom. The fraction of sp³-hybridized carbons (Fsp3) is 0.500. The first-order valence-corrected chi connectivity index (χ1v) is 6.17. The molecule has 0 unspecified atom stereocenters. The second-order valence-electron chi connectivity index (χ2n) is 4.79. The summed E-state index contributed by atoms with van der Waals surface area (Å²) in [5.74, 6) is 1.10. The Bertz CT molecular complexity index is 369. The molecule has 1 aromatic rings. The molecule has 0 fully saturated rings. The smallest absolute Gasteiger partial charge is 0.188 e. The van der Waals surface area contributed by atoms with Gasteiger partial charge < -0.3 is 11.1 Å². The van der Waals surface area contributed by atoms with Crippen LogP contribution >= 0.6 is 0 Å². The number of nitrogens with one attached hydrogen (secondary N) is 1. The molecule has 0 saturated carbocycles. The van der Waals surface area contributed by atoms with E-state index in [1.165, 1.54) is 11.1 Å². The van der Waals surface area contributed by atoms with Crippen LogP contribution < -0.4 is 11.1 Å². The van der Waals surface area contributed by atoms with Gasteiger partial charge >= 0.3 is 0 Å². The van der Waals surface area contributed by atoms with Gasteiger partial charge in [0.15, 0.2) is 5.96 Å². The van der Waals surface area contributed by atoms with Gasteiger partial charge in [0.25, 0.3) is 0 Å². The van der Waals surface area contributed by atoms with Crippen molar-refractivity contribution in [2.75, 3.05) is 13.1 Å². The molecule has 0 amide bonds. The maximum atomic E-state index is 5.75. The van der Waals surface area contributed by atoms with Gasteiger partial charge in [-0.3, -0.25) is 4.99 Å². The molecular weight excluding hydrogens is 210 g/mol. The van der Waals surface area contributed by atoms with Crippen LogP contribution in [0.3, 0.4) is 0 Å². The lowest BCUT2D eigenvalue weighted by Gasteiger charge is -2.07. The normalized spacial score (nSPS) is 11.9. The molecule has 0 heterocycles. The first kappa shape index (κ1) is 13.6. The Morgan fingerprint density at radius 2 is 2.18 bits per heavy atom. The molecular formula is C14H23N3. The lowest BCUT2D eigenvalue weighted by Crippen LogP contribution is -2.33. The molecule has 0 saturated heterocycles. The molecule has 1 aromatic carbocycles. The van der Waals surface area contributed by atoms with Crippen LogP contribution in [-0.4, -0.2) is 19.0 Å². The number of aliphatic imine (C=N–C) groups is 1. The SMILES string of the molecule is Cc1cccc(CCNC(N)=NCC(C)C)c1. The van der Waals surface area contributed by atoms with Crippen molar-refractivity contribution in [3.05, 3.63) is 35.4 Å². The van der Waals surface area contributed by atoms with Gasteiger partial charge in [0.05, 0.1) is 0 Å². The van der Waals surface area contributed by atoms with E-state index in [1.807, 2.05) is 0 Å². The van der Waals surface area contributed by atoms with Gasteiger partial charge in [-0.25, -0.2) is 0 Å². The molecule has 0 aliphatic carbocycles. The topological polar surface area (TPSA) is 50.4 Å². The first-order chi connectivity index (χ1) is 8.08. The molecule has 3 N–H and O–H groups in total. The fourth-order valence-corrected chi connectivity index (χ4v) is 1.54.